The highest BCUT2D eigenvalue weighted by atomic mass is 14.2. The predicted molar refractivity (Wildman–Crippen MR) is 104 cm³/mol. The summed E-state index contributed by atoms with van der Waals surface area (Å²) < 4.78 is 0. The quantitative estimate of drug-likeness (QED) is 0.745. The molecule has 0 heteroatoms. The zero-order valence-corrected chi connectivity index (χ0v) is 14.6. The van der Waals surface area contributed by atoms with Crippen molar-refractivity contribution in [3.05, 3.63) is 70.1 Å². The van der Waals surface area contributed by atoms with Crippen LogP contribution < -0.4 is 10.4 Å². The smallest absolute Gasteiger partial charge is 0.00994 e. The van der Waals surface area contributed by atoms with Gasteiger partial charge in [0.2, 0.25) is 0 Å². The molecule has 0 aliphatic heterocycles. The molecule has 1 fully saturated rings. The molecule has 0 radical (unpaired) electrons. The van der Waals surface area contributed by atoms with Crippen molar-refractivity contribution in [1.82, 2.24) is 0 Å². The van der Waals surface area contributed by atoms with E-state index in [0.717, 1.165) is 5.92 Å². The first kappa shape index (κ1) is 15.4. The molecule has 0 aromatic heterocycles. The first-order valence-corrected chi connectivity index (χ1v) is 9.47. The second-order valence-electron chi connectivity index (χ2n) is 7.26. The van der Waals surface area contributed by atoms with E-state index in [9.17, 15) is 0 Å². The summed E-state index contributed by atoms with van der Waals surface area (Å²) in [5.41, 5.74) is 5.54. The summed E-state index contributed by atoms with van der Waals surface area (Å²) in [4.78, 5) is 0. The lowest BCUT2D eigenvalue weighted by atomic mass is 10.00. The van der Waals surface area contributed by atoms with Crippen LogP contribution in [0.3, 0.4) is 0 Å². The average Bonchev–Trinajstić information content (AvgIpc) is 3.25. The third-order valence-electron chi connectivity index (χ3n) is 5.40. The minimum absolute atomic E-state index is 0.790. The Kier molecular flexibility index (Phi) is 4.38. The monoisotopic (exact) mass is 314 g/mol. The number of allylic oxidation sites excluding steroid dienone is 2. The summed E-state index contributed by atoms with van der Waals surface area (Å²) >= 11 is 0. The molecular weight excluding hydrogens is 288 g/mol. The van der Waals surface area contributed by atoms with Crippen LogP contribution in [0.2, 0.25) is 0 Å². The number of hydrogen-bond donors (Lipinski definition) is 0. The molecular formula is C24H26. The maximum absolute atomic E-state index is 2.50. The van der Waals surface area contributed by atoms with Gasteiger partial charge in [0.25, 0.3) is 0 Å². The van der Waals surface area contributed by atoms with Crippen molar-refractivity contribution in [3.63, 3.8) is 0 Å². The highest BCUT2D eigenvalue weighted by Crippen LogP contribution is 2.27. The molecule has 0 bridgehead atoms. The first-order chi connectivity index (χ1) is 11.8. The summed E-state index contributed by atoms with van der Waals surface area (Å²) in [6.45, 7) is 2.24. The van der Waals surface area contributed by atoms with Gasteiger partial charge in [-0.25, -0.2) is 0 Å². The van der Waals surface area contributed by atoms with Crippen molar-refractivity contribution in [1.29, 1.82) is 0 Å². The lowest BCUT2D eigenvalue weighted by molar-refractivity contribution is 0.685. The van der Waals surface area contributed by atoms with Crippen LogP contribution in [0.25, 0.3) is 23.3 Å². The molecule has 2 aliphatic carbocycles. The summed E-state index contributed by atoms with van der Waals surface area (Å²) in [6, 6.07) is 15.8. The Balaban J connectivity index is 1.71. The molecule has 122 valence electrons. The van der Waals surface area contributed by atoms with E-state index in [1.807, 2.05) is 0 Å². The minimum atomic E-state index is 0.790. The van der Waals surface area contributed by atoms with Crippen LogP contribution in [-0.2, 0) is 6.42 Å². The number of fused-ring (bicyclic) bond motifs is 1. The van der Waals surface area contributed by atoms with Crippen LogP contribution in [0, 0.1) is 5.92 Å². The van der Waals surface area contributed by atoms with Crippen molar-refractivity contribution in [3.8, 4) is 11.1 Å². The van der Waals surface area contributed by atoms with Gasteiger partial charge in [-0.3, -0.25) is 0 Å². The Labute approximate surface area is 145 Å². The van der Waals surface area contributed by atoms with E-state index in [4.69, 9.17) is 0 Å². The molecule has 1 saturated carbocycles. The molecule has 4 rings (SSSR count). The molecule has 0 amide bonds. The molecule has 0 N–H and O–H groups in total. The van der Waals surface area contributed by atoms with Crippen LogP contribution in [0.15, 0.2) is 54.1 Å². The van der Waals surface area contributed by atoms with Crippen molar-refractivity contribution in [2.75, 3.05) is 0 Å². The summed E-state index contributed by atoms with van der Waals surface area (Å²) in [5.74, 6) is 0.790. The molecule has 24 heavy (non-hydrogen) atoms. The molecule has 2 aromatic rings. The fourth-order valence-corrected chi connectivity index (χ4v) is 4.14. The van der Waals surface area contributed by atoms with Crippen LogP contribution in [-0.4, -0.2) is 0 Å². The van der Waals surface area contributed by atoms with Gasteiger partial charge in [0.1, 0.15) is 0 Å². The Morgan fingerprint density at radius 3 is 2.50 bits per heavy atom. The molecule has 0 heterocycles. The van der Waals surface area contributed by atoms with E-state index in [1.54, 1.807) is 0 Å². The van der Waals surface area contributed by atoms with Gasteiger partial charge in [0.15, 0.2) is 0 Å². The van der Waals surface area contributed by atoms with E-state index >= 15 is 0 Å². The zero-order valence-electron chi connectivity index (χ0n) is 14.6. The van der Waals surface area contributed by atoms with Gasteiger partial charge in [-0.1, -0.05) is 74.7 Å². The van der Waals surface area contributed by atoms with Gasteiger partial charge < -0.3 is 0 Å². The molecule has 2 aromatic carbocycles. The lowest BCUT2D eigenvalue weighted by Crippen LogP contribution is -2.22. The summed E-state index contributed by atoms with van der Waals surface area (Å²) in [7, 11) is 0. The van der Waals surface area contributed by atoms with Crippen LogP contribution in [0.4, 0.5) is 0 Å². The van der Waals surface area contributed by atoms with Gasteiger partial charge in [0.05, 0.1) is 0 Å². The maximum Gasteiger partial charge on any atom is -0.00994 e. The Bertz CT molecular complexity index is 859. The SMILES string of the molecule is CCCc1ccc(-c2cccc3c2=CC(=CC2CCCC2)C=3)cc1. The fourth-order valence-electron chi connectivity index (χ4n) is 4.14. The van der Waals surface area contributed by atoms with Gasteiger partial charge in [-0.05, 0) is 70.0 Å². The molecule has 0 nitrogen and oxygen atoms in total. The zero-order chi connectivity index (χ0) is 16.4. The van der Waals surface area contributed by atoms with Gasteiger partial charge in [0, 0.05) is 0 Å². The topological polar surface area (TPSA) is 0 Å². The average molecular weight is 314 g/mol. The van der Waals surface area contributed by atoms with Crippen LogP contribution >= 0.6 is 0 Å². The van der Waals surface area contributed by atoms with Gasteiger partial charge in [-0.2, -0.15) is 0 Å². The maximum atomic E-state index is 2.50. The number of benzene rings is 2. The number of hydrogen-bond acceptors (Lipinski definition) is 0. The Morgan fingerprint density at radius 2 is 1.75 bits per heavy atom. The second-order valence-corrected chi connectivity index (χ2v) is 7.26. The Morgan fingerprint density at radius 1 is 0.958 bits per heavy atom. The molecule has 0 saturated heterocycles. The standard InChI is InChI=1S/C24H26/c1-2-6-18-11-13-21(14-12-18)23-10-5-9-22-16-20(17-24(22)23)15-19-7-3-4-8-19/h5,9-17,19H,2-4,6-8H2,1H3. The largest absolute Gasteiger partial charge is 0.0741 e. The molecule has 0 unspecified atom stereocenters. The molecule has 0 spiro atoms. The van der Waals surface area contributed by atoms with Gasteiger partial charge >= 0.3 is 0 Å². The van der Waals surface area contributed by atoms with E-state index in [1.165, 1.54) is 71.2 Å². The molecule has 0 atom stereocenters. The van der Waals surface area contributed by atoms with E-state index < -0.39 is 0 Å². The summed E-state index contributed by atoms with van der Waals surface area (Å²) in [5, 5.41) is 2.76. The third kappa shape index (κ3) is 3.11. The highest BCUT2D eigenvalue weighted by Gasteiger charge is 2.13. The fraction of sp³-hybridized carbons (Fsp3) is 0.333. The van der Waals surface area contributed by atoms with Crippen molar-refractivity contribution < 1.29 is 0 Å². The predicted octanol–water partition coefficient (Wildman–Crippen LogP) is 5.00. The van der Waals surface area contributed by atoms with E-state index in [0.29, 0.717) is 0 Å². The molecule has 2 aliphatic rings. The van der Waals surface area contributed by atoms with E-state index in [-0.39, 0.29) is 0 Å². The lowest BCUT2D eigenvalue weighted by Gasteiger charge is -2.05. The number of rotatable bonds is 4. The summed E-state index contributed by atoms with van der Waals surface area (Å²) in [6.07, 6.45) is 15.2. The van der Waals surface area contributed by atoms with Crippen molar-refractivity contribution in [2.45, 2.75) is 45.4 Å². The van der Waals surface area contributed by atoms with Gasteiger partial charge in [-0.15, -0.1) is 0 Å². The Hall–Kier alpha value is -2.08. The first-order valence-electron chi connectivity index (χ1n) is 9.47. The second kappa shape index (κ2) is 6.81. The van der Waals surface area contributed by atoms with Crippen LogP contribution in [0.5, 0.6) is 0 Å². The van der Waals surface area contributed by atoms with Crippen LogP contribution in [0.1, 0.15) is 44.6 Å². The van der Waals surface area contributed by atoms with E-state index in [2.05, 4.69) is 67.6 Å². The highest BCUT2D eigenvalue weighted by molar-refractivity contribution is 5.77. The van der Waals surface area contributed by atoms with Crippen molar-refractivity contribution >= 4 is 12.2 Å². The minimum Gasteiger partial charge on any atom is -0.0741 e. The van der Waals surface area contributed by atoms with Crippen molar-refractivity contribution in [2.24, 2.45) is 5.92 Å². The third-order valence-corrected chi connectivity index (χ3v) is 5.40. The normalized spacial score (nSPS) is 18.5. The number of aryl methyl sites for hydroxylation is 1.